The van der Waals surface area contributed by atoms with Crippen molar-refractivity contribution in [3.8, 4) is 0 Å². The van der Waals surface area contributed by atoms with Crippen LogP contribution in [0.4, 0.5) is 5.95 Å². The van der Waals surface area contributed by atoms with Gasteiger partial charge in [0.15, 0.2) is 0 Å². The van der Waals surface area contributed by atoms with Crippen molar-refractivity contribution < 1.29 is 4.79 Å². The van der Waals surface area contributed by atoms with Crippen LogP contribution >= 0.6 is 0 Å². The van der Waals surface area contributed by atoms with Crippen molar-refractivity contribution in [3.63, 3.8) is 0 Å². The van der Waals surface area contributed by atoms with Gasteiger partial charge in [-0.15, -0.1) is 0 Å². The van der Waals surface area contributed by atoms with E-state index in [1.807, 2.05) is 10.8 Å². The van der Waals surface area contributed by atoms with Crippen LogP contribution in [0.25, 0.3) is 0 Å². The predicted octanol–water partition coefficient (Wildman–Crippen LogP) is 0.913. The summed E-state index contributed by atoms with van der Waals surface area (Å²) in [5.74, 6) is 0.758. The molecule has 1 amide bonds. The molecule has 110 valence electrons. The quantitative estimate of drug-likeness (QED) is 0.859. The molecule has 0 aliphatic carbocycles. The first kappa shape index (κ1) is 13.4. The van der Waals surface area contributed by atoms with E-state index in [2.05, 4.69) is 27.4 Å². The number of amides is 1. The molecule has 0 aromatic carbocycles. The van der Waals surface area contributed by atoms with Crippen molar-refractivity contribution in [3.05, 3.63) is 11.9 Å². The van der Waals surface area contributed by atoms with Gasteiger partial charge < -0.3 is 15.2 Å². The number of rotatable bonds is 4. The highest BCUT2D eigenvalue weighted by atomic mass is 16.1. The average Bonchev–Trinajstić information content (AvgIpc) is 3.10. The van der Waals surface area contributed by atoms with Crippen LogP contribution in [0.15, 0.2) is 6.20 Å². The third-order valence-electron chi connectivity index (χ3n) is 4.27. The third-order valence-corrected chi connectivity index (χ3v) is 4.27. The first-order valence-corrected chi connectivity index (χ1v) is 7.61. The lowest BCUT2D eigenvalue weighted by Crippen LogP contribution is -2.40. The Kier molecular flexibility index (Phi) is 3.91. The van der Waals surface area contributed by atoms with Crippen molar-refractivity contribution in [1.29, 1.82) is 0 Å². The number of carbonyl (C=O) groups is 1. The van der Waals surface area contributed by atoms with Crippen LogP contribution in [-0.2, 0) is 6.54 Å². The van der Waals surface area contributed by atoms with Gasteiger partial charge in [0.25, 0.3) is 5.91 Å². The van der Waals surface area contributed by atoms with Crippen LogP contribution in [-0.4, -0.2) is 52.6 Å². The number of likely N-dealkylation sites (N-methyl/N-ethyl adjacent to an activating group) is 1. The van der Waals surface area contributed by atoms with E-state index in [1.54, 1.807) is 0 Å². The summed E-state index contributed by atoms with van der Waals surface area (Å²) in [6.45, 7) is 6.99. The molecule has 0 radical (unpaired) electrons. The second-order valence-electron chi connectivity index (χ2n) is 5.56. The van der Waals surface area contributed by atoms with Crippen molar-refractivity contribution in [2.24, 2.45) is 0 Å². The maximum atomic E-state index is 12.2. The zero-order valence-electron chi connectivity index (χ0n) is 12.1. The lowest BCUT2D eigenvalue weighted by molar-refractivity contribution is 0.0937. The number of likely N-dealkylation sites (tertiary alicyclic amines) is 1. The minimum atomic E-state index is -0.0587. The Morgan fingerprint density at radius 2 is 2.40 bits per heavy atom. The molecular formula is C14H23N5O. The van der Waals surface area contributed by atoms with E-state index in [9.17, 15) is 4.79 Å². The van der Waals surface area contributed by atoms with Gasteiger partial charge in [0, 0.05) is 31.9 Å². The van der Waals surface area contributed by atoms with E-state index >= 15 is 0 Å². The van der Waals surface area contributed by atoms with E-state index in [0.29, 0.717) is 11.7 Å². The Morgan fingerprint density at radius 3 is 3.20 bits per heavy atom. The first-order chi connectivity index (χ1) is 9.78. The summed E-state index contributed by atoms with van der Waals surface area (Å²) in [4.78, 5) is 19.0. The highest BCUT2D eigenvalue weighted by Gasteiger charge is 2.24. The molecule has 0 saturated carbocycles. The van der Waals surface area contributed by atoms with Gasteiger partial charge in [0.2, 0.25) is 5.95 Å². The Labute approximate surface area is 119 Å². The number of aryl methyl sites for hydroxylation is 1. The van der Waals surface area contributed by atoms with Crippen LogP contribution < -0.4 is 10.6 Å². The van der Waals surface area contributed by atoms with Crippen LogP contribution in [0, 0.1) is 0 Å². The topological polar surface area (TPSA) is 62.2 Å². The molecule has 1 aromatic heterocycles. The molecule has 2 N–H and O–H groups in total. The van der Waals surface area contributed by atoms with Gasteiger partial charge in [-0.3, -0.25) is 9.69 Å². The number of anilines is 1. The van der Waals surface area contributed by atoms with Crippen LogP contribution in [0.3, 0.4) is 0 Å². The minimum Gasteiger partial charge on any atom is -0.356 e. The van der Waals surface area contributed by atoms with E-state index in [1.165, 1.54) is 12.8 Å². The molecule has 0 bridgehead atoms. The Morgan fingerprint density at radius 1 is 1.50 bits per heavy atom. The van der Waals surface area contributed by atoms with Crippen molar-refractivity contribution in [2.75, 3.05) is 31.5 Å². The van der Waals surface area contributed by atoms with Gasteiger partial charge in [0.05, 0.1) is 0 Å². The molecule has 2 aliphatic heterocycles. The summed E-state index contributed by atoms with van der Waals surface area (Å²) in [5, 5.41) is 6.25. The van der Waals surface area contributed by atoms with Gasteiger partial charge in [-0.05, 0) is 32.4 Å². The van der Waals surface area contributed by atoms with E-state index in [4.69, 9.17) is 0 Å². The Hall–Kier alpha value is -1.56. The zero-order valence-corrected chi connectivity index (χ0v) is 12.1. The van der Waals surface area contributed by atoms with Gasteiger partial charge in [-0.2, -0.15) is 0 Å². The number of aromatic nitrogens is 2. The second-order valence-corrected chi connectivity index (χ2v) is 5.56. The largest absolute Gasteiger partial charge is 0.356 e. The third kappa shape index (κ3) is 2.65. The molecule has 1 saturated heterocycles. The fraction of sp³-hybridized carbons (Fsp3) is 0.714. The van der Waals surface area contributed by atoms with Crippen LogP contribution in [0.2, 0.25) is 0 Å². The van der Waals surface area contributed by atoms with Gasteiger partial charge in [-0.25, -0.2) is 4.98 Å². The van der Waals surface area contributed by atoms with Gasteiger partial charge in [0.1, 0.15) is 5.69 Å². The maximum absolute atomic E-state index is 12.2. The average molecular weight is 277 g/mol. The van der Waals surface area contributed by atoms with Crippen LogP contribution in [0.5, 0.6) is 0 Å². The molecule has 6 heteroatoms. The molecular weight excluding hydrogens is 254 g/mol. The molecule has 1 fully saturated rings. The van der Waals surface area contributed by atoms with E-state index in [0.717, 1.165) is 45.1 Å². The maximum Gasteiger partial charge on any atom is 0.271 e. The number of nitrogens with zero attached hydrogens (tertiary/aromatic N) is 3. The Balaban J connectivity index is 1.57. The normalized spacial score (nSPS) is 22.4. The number of hydrogen-bond acceptors (Lipinski definition) is 4. The molecule has 6 nitrogen and oxygen atoms in total. The predicted molar refractivity (Wildman–Crippen MR) is 77.9 cm³/mol. The van der Waals surface area contributed by atoms with Crippen molar-refractivity contribution in [2.45, 2.75) is 38.8 Å². The number of fused-ring (bicyclic) bond motifs is 1. The summed E-state index contributed by atoms with van der Waals surface area (Å²) in [5.41, 5.74) is 0.524. The van der Waals surface area contributed by atoms with Crippen molar-refractivity contribution in [1.82, 2.24) is 19.8 Å². The second kappa shape index (κ2) is 5.83. The molecule has 0 spiro atoms. The van der Waals surface area contributed by atoms with Gasteiger partial charge >= 0.3 is 0 Å². The fourth-order valence-corrected chi connectivity index (χ4v) is 3.13. The molecule has 1 unspecified atom stereocenters. The lowest BCUT2D eigenvalue weighted by Gasteiger charge is -2.22. The first-order valence-electron chi connectivity index (χ1n) is 7.61. The highest BCUT2D eigenvalue weighted by molar-refractivity contribution is 5.92. The molecule has 1 atom stereocenters. The molecule has 1 aromatic rings. The summed E-state index contributed by atoms with van der Waals surface area (Å²) in [6, 6.07) is 0.485. The Bertz CT molecular complexity index is 460. The highest BCUT2D eigenvalue weighted by Crippen LogP contribution is 2.16. The minimum absolute atomic E-state index is 0.0587. The number of hydrogen-bond donors (Lipinski definition) is 2. The number of carbonyl (C=O) groups excluding carboxylic acids is 1. The molecule has 20 heavy (non-hydrogen) atoms. The lowest BCUT2D eigenvalue weighted by atomic mass is 10.2. The van der Waals surface area contributed by atoms with Gasteiger partial charge in [-0.1, -0.05) is 6.92 Å². The molecule has 3 heterocycles. The number of imidazole rings is 1. The smallest absolute Gasteiger partial charge is 0.271 e. The monoisotopic (exact) mass is 277 g/mol. The summed E-state index contributed by atoms with van der Waals surface area (Å²) in [6.07, 6.45) is 5.34. The standard InChI is InChI=1S/C14H23N5O/c1-2-18-7-3-5-11(18)9-16-13(20)12-10-19-8-4-6-15-14(19)17-12/h10-11H,2-9H2,1H3,(H,15,17)(H,16,20). The van der Waals surface area contributed by atoms with Crippen LogP contribution in [0.1, 0.15) is 36.7 Å². The molecule has 3 rings (SSSR count). The number of nitrogens with one attached hydrogen (secondary N) is 2. The van der Waals surface area contributed by atoms with Crippen molar-refractivity contribution >= 4 is 11.9 Å². The fourth-order valence-electron chi connectivity index (χ4n) is 3.13. The van der Waals surface area contributed by atoms with E-state index < -0.39 is 0 Å². The van der Waals surface area contributed by atoms with E-state index in [-0.39, 0.29) is 5.91 Å². The zero-order chi connectivity index (χ0) is 13.9. The molecule has 2 aliphatic rings. The SMILES string of the molecule is CCN1CCCC1CNC(=O)c1cn2c(n1)NCCC2. The summed E-state index contributed by atoms with van der Waals surface area (Å²) in [7, 11) is 0. The summed E-state index contributed by atoms with van der Waals surface area (Å²) >= 11 is 0. The summed E-state index contributed by atoms with van der Waals surface area (Å²) < 4.78 is 2.02.